The Balaban J connectivity index is 2.69. The number of amides is 1. The van der Waals surface area contributed by atoms with Gasteiger partial charge in [-0.3, -0.25) is 4.90 Å². The molecule has 1 amide bonds. The summed E-state index contributed by atoms with van der Waals surface area (Å²) in [6.07, 6.45) is -0.910. The second-order valence-electron chi connectivity index (χ2n) is 4.38. The first-order chi connectivity index (χ1) is 6.32. The van der Waals surface area contributed by atoms with E-state index in [1.54, 1.807) is 13.8 Å². The maximum absolute atomic E-state index is 10.8. The number of rotatable bonds is 1. The highest BCUT2D eigenvalue weighted by atomic mass is 16.4. The lowest BCUT2D eigenvalue weighted by Gasteiger charge is -2.43. The molecule has 0 aliphatic carbocycles. The van der Waals surface area contributed by atoms with E-state index in [-0.39, 0.29) is 6.04 Å². The van der Waals surface area contributed by atoms with Crippen molar-refractivity contribution in [2.75, 3.05) is 26.7 Å². The summed E-state index contributed by atoms with van der Waals surface area (Å²) in [6, 6.07) is -0.132. The zero-order chi connectivity index (χ0) is 10.9. The maximum atomic E-state index is 10.8. The summed E-state index contributed by atoms with van der Waals surface area (Å²) < 4.78 is 0. The first-order valence-electron chi connectivity index (χ1n) is 4.73. The van der Waals surface area contributed by atoms with Crippen LogP contribution in [0.2, 0.25) is 0 Å². The average Bonchev–Trinajstić information content (AvgIpc) is 2.02. The normalized spacial score (nSPS) is 25.1. The van der Waals surface area contributed by atoms with Crippen LogP contribution in [-0.2, 0) is 0 Å². The average molecular weight is 202 g/mol. The minimum absolute atomic E-state index is 0.132. The molecule has 1 rings (SSSR count). The van der Waals surface area contributed by atoms with Gasteiger partial charge in [0.2, 0.25) is 0 Å². The fourth-order valence-electron chi connectivity index (χ4n) is 1.81. The molecule has 1 saturated heterocycles. The van der Waals surface area contributed by atoms with Gasteiger partial charge in [0, 0.05) is 19.6 Å². The largest absolute Gasteiger partial charge is 0.465 e. The second kappa shape index (κ2) is 3.74. The van der Waals surface area contributed by atoms with Crippen molar-refractivity contribution < 1.29 is 15.0 Å². The Morgan fingerprint density at radius 2 is 2.00 bits per heavy atom. The Labute approximate surface area is 83.9 Å². The van der Waals surface area contributed by atoms with Crippen LogP contribution in [-0.4, -0.2) is 64.4 Å². The molecule has 5 heteroatoms. The summed E-state index contributed by atoms with van der Waals surface area (Å²) in [7, 11) is 1.90. The fraction of sp³-hybridized carbons (Fsp3) is 0.889. The molecule has 1 heterocycles. The van der Waals surface area contributed by atoms with Crippen molar-refractivity contribution in [1.82, 2.24) is 9.80 Å². The van der Waals surface area contributed by atoms with Gasteiger partial charge >= 0.3 is 6.09 Å². The zero-order valence-electron chi connectivity index (χ0n) is 8.90. The SMILES string of the molecule is CN1CCN(C(=O)O)CC1C(C)(C)O. The minimum atomic E-state index is -0.910. The van der Waals surface area contributed by atoms with Crippen LogP contribution in [0.25, 0.3) is 0 Å². The molecule has 0 radical (unpaired) electrons. The standard InChI is InChI=1S/C9H18N2O3/c1-9(2,14)7-6-11(8(12)13)5-4-10(7)3/h7,14H,4-6H2,1-3H3,(H,12,13). The van der Waals surface area contributed by atoms with E-state index in [9.17, 15) is 9.90 Å². The van der Waals surface area contributed by atoms with Gasteiger partial charge in [-0.05, 0) is 20.9 Å². The molecule has 0 spiro atoms. The minimum Gasteiger partial charge on any atom is -0.465 e. The summed E-state index contributed by atoms with van der Waals surface area (Å²) in [5.41, 5.74) is -0.872. The molecule has 2 N–H and O–H groups in total. The Morgan fingerprint density at radius 3 is 2.43 bits per heavy atom. The molecule has 5 nitrogen and oxygen atoms in total. The van der Waals surface area contributed by atoms with Gasteiger partial charge in [-0.2, -0.15) is 0 Å². The van der Waals surface area contributed by atoms with E-state index in [1.807, 2.05) is 11.9 Å². The quantitative estimate of drug-likeness (QED) is 0.630. The Hall–Kier alpha value is -0.810. The number of carbonyl (C=O) groups is 1. The lowest BCUT2D eigenvalue weighted by Crippen LogP contribution is -2.60. The highest BCUT2D eigenvalue weighted by Gasteiger charge is 2.36. The van der Waals surface area contributed by atoms with Gasteiger partial charge < -0.3 is 15.1 Å². The van der Waals surface area contributed by atoms with Crippen LogP contribution >= 0.6 is 0 Å². The smallest absolute Gasteiger partial charge is 0.407 e. The predicted molar refractivity (Wildman–Crippen MR) is 52.3 cm³/mol. The Bertz CT molecular complexity index is 225. The molecule has 0 aromatic rings. The van der Waals surface area contributed by atoms with Crippen LogP contribution in [0, 0.1) is 0 Å². The molecular formula is C9H18N2O3. The van der Waals surface area contributed by atoms with Crippen molar-refractivity contribution in [3.8, 4) is 0 Å². The second-order valence-corrected chi connectivity index (χ2v) is 4.38. The third-order valence-electron chi connectivity index (χ3n) is 2.73. The number of hydrogen-bond donors (Lipinski definition) is 2. The summed E-state index contributed by atoms with van der Waals surface area (Å²) >= 11 is 0. The Kier molecular flexibility index (Phi) is 3.01. The monoisotopic (exact) mass is 202 g/mol. The van der Waals surface area contributed by atoms with Crippen molar-refractivity contribution in [3.63, 3.8) is 0 Å². The van der Waals surface area contributed by atoms with E-state index in [4.69, 9.17) is 5.11 Å². The molecule has 0 aromatic heterocycles. The number of carboxylic acid groups (broad SMARTS) is 1. The van der Waals surface area contributed by atoms with Gasteiger partial charge in [-0.1, -0.05) is 0 Å². The first-order valence-corrected chi connectivity index (χ1v) is 4.73. The van der Waals surface area contributed by atoms with Crippen LogP contribution in [0.4, 0.5) is 4.79 Å². The fourth-order valence-corrected chi connectivity index (χ4v) is 1.81. The lowest BCUT2D eigenvalue weighted by molar-refractivity contribution is -0.0423. The van der Waals surface area contributed by atoms with Gasteiger partial charge in [0.25, 0.3) is 0 Å². The number of hydrogen-bond acceptors (Lipinski definition) is 3. The topological polar surface area (TPSA) is 64.0 Å². The molecule has 1 fully saturated rings. The Morgan fingerprint density at radius 1 is 1.43 bits per heavy atom. The van der Waals surface area contributed by atoms with Crippen molar-refractivity contribution >= 4 is 6.09 Å². The van der Waals surface area contributed by atoms with Gasteiger partial charge in [0.15, 0.2) is 0 Å². The highest BCUT2D eigenvalue weighted by Crippen LogP contribution is 2.19. The molecular weight excluding hydrogens is 184 g/mol. The summed E-state index contributed by atoms with van der Waals surface area (Å²) in [6.45, 7) is 4.97. The third-order valence-corrected chi connectivity index (χ3v) is 2.73. The van der Waals surface area contributed by atoms with E-state index in [2.05, 4.69) is 0 Å². The van der Waals surface area contributed by atoms with E-state index in [0.29, 0.717) is 19.6 Å². The van der Waals surface area contributed by atoms with Crippen molar-refractivity contribution in [2.24, 2.45) is 0 Å². The van der Waals surface area contributed by atoms with Crippen molar-refractivity contribution in [2.45, 2.75) is 25.5 Å². The van der Waals surface area contributed by atoms with E-state index < -0.39 is 11.7 Å². The first kappa shape index (κ1) is 11.3. The van der Waals surface area contributed by atoms with Gasteiger partial charge in [0.1, 0.15) is 0 Å². The van der Waals surface area contributed by atoms with Crippen LogP contribution < -0.4 is 0 Å². The van der Waals surface area contributed by atoms with Crippen LogP contribution in [0.1, 0.15) is 13.8 Å². The van der Waals surface area contributed by atoms with Crippen LogP contribution in [0.3, 0.4) is 0 Å². The number of piperazine rings is 1. The van der Waals surface area contributed by atoms with E-state index in [1.165, 1.54) is 4.90 Å². The summed E-state index contributed by atoms with van der Waals surface area (Å²) in [5, 5.41) is 18.7. The van der Waals surface area contributed by atoms with Gasteiger partial charge in [-0.15, -0.1) is 0 Å². The van der Waals surface area contributed by atoms with Crippen LogP contribution in [0.5, 0.6) is 0 Å². The number of likely N-dealkylation sites (N-methyl/N-ethyl adjacent to an activating group) is 1. The van der Waals surface area contributed by atoms with Gasteiger partial charge in [0.05, 0.1) is 11.6 Å². The number of nitrogens with zero attached hydrogens (tertiary/aromatic N) is 2. The summed E-state index contributed by atoms with van der Waals surface area (Å²) in [5.74, 6) is 0. The number of aliphatic hydroxyl groups is 1. The molecule has 1 aliphatic rings. The predicted octanol–water partition coefficient (Wildman–Crippen LogP) is 0.0513. The lowest BCUT2D eigenvalue weighted by atomic mass is 9.95. The summed E-state index contributed by atoms with van der Waals surface area (Å²) in [4.78, 5) is 14.1. The molecule has 1 aliphatic heterocycles. The zero-order valence-corrected chi connectivity index (χ0v) is 8.90. The van der Waals surface area contributed by atoms with Crippen molar-refractivity contribution in [1.29, 1.82) is 0 Å². The van der Waals surface area contributed by atoms with Crippen LogP contribution in [0.15, 0.2) is 0 Å². The van der Waals surface area contributed by atoms with Gasteiger partial charge in [-0.25, -0.2) is 4.79 Å². The van der Waals surface area contributed by atoms with Crippen molar-refractivity contribution in [3.05, 3.63) is 0 Å². The molecule has 0 aromatic carbocycles. The highest BCUT2D eigenvalue weighted by molar-refractivity contribution is 5.65. The molecule has 1 unspecified atom stereocenters. The molecule has 0 bridgehead atoms. The molecule has 82 valence electrons. The van der Waals surface area contributed by atoms with E-state index in [0.717, 1.165) is 0 Å². The third kappa shape index (κ3) is 2.36. The van der Waals surface area contributed by atoms with E-state index >= 15 is 0 Å². The molecule has 14 heavy (non-hydrogen) atoms. The maximum Gasteiger partial charge on any atom is 0.407 e. The molecule has 0 saturated carbocycles. The molecule has 1 atom stereocenters.